The second kappa shape index (κ2) is 15.4. The molecule has 5 unspecified atom stereocenters. The topological polar surface area (TPSA) is 23.3 Å². The molecule has 0 saturated heterocycles. The molecule has 30 heavy (non-hydrogen) atoms. The van der Waals surface area contributed by atoms with Crippen molar-refractivity contribution < 1.29 is 21.8 Å². The first-order valence-electron chi connectivity index (χ1n) is 11.5. The van der Waals surface area contributed by atoms with E-state index in [1.807, 2.05) is 0 Å². The van der Waals surface area contributed by atoms with E-state index in [1.54, 1.807) is 0 Å². The van der Waals surface area contributed by atoms with Gasteiger partial charge in [0.25, 0.3) is 0 Å². The number of hydrogen-bond acceptors (Lipinski definition) is 1. The van der Waals surface area contributed by atoms with E-state index in [9.17, 15) is 0 Å². The van der Waals surface area contributed by atoms with Gasteiger partial charge in [0, 0.05) is 6.61 Å². The van der Waals surface area contributed by atoms with Crippen LogP contribution in [0.2, 0.25) is 18.1 Å². The average Bonchev–Trinajstić information content (AvgIpc) is 2.80. The Morgan fingerprint density at radius 3 is 1.83 bits per heavy atom. The molecule has 0 aromatic rings. The van der Waals surface area contributed by atoms with E-state index in [2.05, 4.69) is 68.9 Å². The summed E-state index contributed by atoms with van der Waals surface area (Å²) in [4.78, 5) is 5.52. The van der Waals surface area contributed by atoms with Crippen LogP contribution in [0.15, 0.2) is 0 Å². The van der Waals surface area contributed by atoms with Crippen LogP contribution in [0.1, 0.15) is 94.4 Å². The number of nitrogens with zero attached hydrogens (tertiary/aromatic N) is 1. The molecule has 0 N–H and O–H groups in total. The quantitative estimate of drug-likeness (QED) is 0.170. The van der Waals surface area contributed by atoms with E-state index in [1.165, 1.54) is 38.1 Å². The van der Waals surface area contributed by atoms with Crippen molar-refractivity contribution in [3.63, 3.8) is 0 Å². The molecule has 1 aliphatic carbocycles. The van der Waals surface area contributed by atoms with Crippen LogP contribution >= 0.6 is 18.6 Å². The zero-order valence-electron chi connectivity index (χ0n) is 21.9. The van der Waals surface area contributed by atoms with Crippen molar-refractivity contribution >= 4 is 26.8 Å². The van der Waals surface area contributed by atoms with Crippen LogP contribution in [0.25, 0.3) is 4.98 Å². The van der Waals surface area contributed by atoms with Gasteiger partial charge >= 0.3 is 35.6 Å². The maximum absolute atomic E-state index is 5.85. The number of ether oxygens (including phenoxy) is 1. The molecule has 182 valence electrons. The molecular weight excluding hydrogens is 465 g/mol. The Morgan fingerprint density at radius 1 is 0.933 bits per heavy atom. The van der Waals surface area contributed by atoms with Gasteiger partial charge in [-0.3, -0.25) is 0 Å². The number of halogens is 2. The monoisotopic (exact) mass is 515 g/mol. The molecule has 0 bridgehead atoms. The van der Waals surface area contributed by atoms with Crippen LogP contribution in [-0.2, 0) is 21.8 Å². The van der Waals surface area contributed by atoms with E-state index in [0.717, 1.165) is 29.9 Å². The van der Waals surface area contributed by atoms with Crippen molar-refractivity contribution in [2.75, 3.05) is 6.61 Å². The molecule has 5 atom stereocenters. The fourth-order valence-corrected chi connectivity index (χ4v) is 10.4. The van der Waals surface area contributed by atoms with Crippen LogP contribution in [0.3, 0.4) is 0 Å². The molecule has 6 heteroatoms. The summed E-state index contributed by atoms with van der Waals surface area (Å²) in [6.07, 6.45) is 6.58. The molecule has 0 aromatic heterocycles. The zero-order chi connectivity index (χ0) is 22.9. The van der Waals surface area contributed by atoms with E-state index in [4.69, 9.17) is 28.3 Å². The third kappa shape index (κ3) is 13.9. The minimum absolute atomic E-state index is 0. The Morgan fingerprint density at radius 2 is 1.43 bits per heavy atom. The van der Waals surface area contributed by atoms with Crippen molar-refractivity contribution in [1.82, 2.24) is 0 Å². The van der Waals surface area contributed by atoms with Gasteiger partial charge in [0.2, 0.25) is 0 Å². The van der Waals surface area contributed by atoms with Crippen LogP contribution in [0, 0.1) is 25.2 Å². The minimum atomic E-state index is -1.60. The van der Waals surface area contributed by atoms with Crippen LogP contribution in [0.4, 0.5) is 0 Å². The normalized spacial score (nSPS) is 26.3. The molecule has 1 saturated carbocycles. The molecule has 0 amide bonds. The Balaban J connectivity index is 0. The van der Waals surface area contributed by atoms with Gasteiger partial charge in [0.1, 0.15) is 0 Å². The standard InChI is InChI=1S/C23H48NOSi.CH3.2ClH.Ti/c1-18-17-21(20(3)19(18)2)26(10,24-22(4,5)6)16-14-12-11-13-15-25-23(7,8)9;;;;/h18-21H,11-17H2,1-10H3;1H3;2*1H;/q2*-1;;;+2/p-2. The zero-order valence-corrected chi connectivity index (χ0v) is 25.9. The Hall–Kier alpha value is 1.43. The van der Waals surface area contributed by atoms with E-state index >= 15 is 0 Å². The van der Waals surface area contributed by atoms with Gasteiger partial charge in [-0.1, -0.05) is 93.6 Å². The Labute approximate surface area is 208 Å². The predicted molar refractivity (Wildman–Crippen MR) is 138 cm³/mol. The fourth-order valence-electron chi connectivity index (χ4n) is 4.94. The summed E-state index contributed by atoms with van der Waals surface area (Å²) in [5, 5.41) is 0. The predicted octanol–water partition coefficient (Wildman–Crippen LogP) is 9.62. The maximum atomic E-state index is 5.85. The van der Waals surface area contributed by atoms with Crippen LogP contribution in [-0.4, -0.2) is 26.0 Å². The van der Waals surface area contributed by atoms with E-state index in [-0.39, 0.29) is 18.6 Å². The summed E-state index contributed by atoms with van der Waals surface area (Å²) in [5.74, 6) is 2.57. The third-order valence-electron chi connectivity index (χ3n) is 6.49. The summed E-state index contributed by atoms with van der Waals surface area (Å²) in [5.41, 5.74) is 0.982. The SMILES string of the molecule is CC1CC([Si](C)(CCCCCCOC(C)(C)C)[N-]C(C)(C)C)C(C)C1C.[CH3-].[Cl][Ti][Cl]. The van der Waals surface area contributed by atoms with Gasteiger partial charge in [0.15, 0.2) is 0 Å². The average molecular weight is 517 g/mol. The molecule has 1 aliphatic rings. The van der Waals surface area contributed by atoms with Crippen molar-refractivity contribution in [3.8, 4) is 0 Å². The van der Waals surface area contributed by atoms with Crippen molar-refractivity contribution in [3.05, 3.63) is 12.4 Å². The summed E-state index contributed by atoms with van der Waals surface area (Å²) >= 11 is -0.556. The summed E-state index contributed by atoms with van der Waals surface area (Å²) in [6, 6.07) is 1.37. The first kappa shape index (κ1) is 33.6. The van der Waals surface area contributed by atoms with Crippen molar-refractivity contribution in [2.24, 2.45) is 17.8 Å². The molecular formula is C24H51Cl2NOSiTi-2. The number of unbranched alkanes of at least 4 members (excludes halogenated alkanes) is 3. The molecule has 0 aromatic carbocycles. The molecule has 0 radical (unpaired) electrons. The summed E-state index contributed by atoms with van der Waals surface area (Å²) < 4.78 is 5.85. The summed E-state index contributed by atoms with van der Waals surface area (Å²) in [6.45, 7) is 24.3. The molecule has 1 fully saturated rings. The van der Waals surface area contributed by atoms with Gasteiger partial charge in [-0.15, -0.1) is 5.54 Å². The van der Waals surface area contributed by atoms with Crippen LogP contribution in [0.5, 0.6) is 0 Å². The van der Waals surface area contributed by atoms with Crippen molar-refractivity contribution in [1.29, 1.82) is 0 Å². The number of rotatable bonds is 9. The molecule has 0 spiro atoms. The van der Waals surface area contributed by atoms with Crippen molar-refractivity contribution in [2.45, 2.75) is 124 Å². The fraction of sp³-hybridized carbons (Fsp3) is 0.958. The van der Waals surface area contributed by atoms with Gasteiger partial charge in [-0.2, -0.15) is 0 Å². The van der Waals surface area contributed by atoms with Gasteiger partial charge in [-0.05, 0) is 44.9 Å². The van der Waals surface area contributed by atoms with Gasteiger partial charge in [0.05, 0.1) is 5.60 Å². The molecule has 1 rings (SSSR count). The van der Waals surface area contributed by atoms with Gasteiger partial charge in [-0.25, -0.2) is 0 Å². The second-order valence-corrected chi connectivity index (χ2v) is 18.1. The second-order valence-electron chi connectivity index (χ2n) is 11.4. The van der Waals surface area contributed by atoms with Gasteiger partial charge < -0.3 is 17.1 Å². The van der Waals surface area contributed by atoms with E-state index in [0.29, 0.717) is 0 Å². The molecule has 2 nitrogen and oxygen atoms in total. The molecule has 0 aliphatic heterocycles. The third-order valence-corrected chi connectivity index (χ3v) is 11.4. The number of hydrogen-bond donors (Lipinski definition) is 0. The van der Waals surface area contributed by atoms with E-state index < -0.39 is 25.3 Å². The molecule has 0 heterocycles. The summed E-state index contributed by atoms with van der Waals surface area (Å²) in [7, 11) is 8.17. The first-order valence-corrected chi connectivity index (χ1v) is 18.5. The van der Waals surface area contributed by atoms with Crippen LogP contribution < -0.4 is 0 Å². The Kier molecular flexibility index (Phi) is 17.2. The first-order chi connectivity index (χ1) is 13.2. The Bertz CT molecular complexity index is 442.